The molecule has 0 saturated carbocycles. The maximum atomic E-state index is 13.5. The summed E-state index contributed by atoms with van der Waals surface area (Å²) in [5, 5.41) is 4.94. The van der Waals surface area contributed by atoms with Crippen LogP contribution >= 0.6 is 11.8 Å². The van der Waals surface area contributed by atoms with Gasteiger partial charge in [0.2, 0.25) is 5.96 Å². The van der Waals surface area contributed by atoms with Crippen LogP contribution in [0.2, 0.25) is 0 Å². The first-order valence-corrected chi connectivity index (χ1v) is 17.3. The fourth-order valence-corrected chi connectivity index (χ4v) is 5.94. The smallest absolute Gasteiger partial charge is 0.414 e. The van der Waals surface area contributed by atoms with E-state index in [1.54, 1.807) is 109 Å². The largest absolute Gasteiger partial charge is 0.452 e. The highest BCUT2D eigenvalue weighted by molar-refractivity contribution is 7.99. The third-order valence-electron chi connectivity index (χ3n) is 7.03. The molecule has 5 atom stereocenters. The molecule has 1 aliphatic rings. The number of aliphatic imine (C=N–C) groups is 1. The zero-order valence-electron chi connectivity index (χ0n) is 30.0. The molecule has 3 aromatic carbocycles. The lowest BCUT2D eigenvalue weighted by molar-refractivity contribution is -0.0320. The van der Waals surface area contributed by atoms with Crippen molar-refractivity contribution >= 4 is 41.8 Å². The van der Waals surface area contributed by atoms with Crippen LogP contribution in [0.4, 0.5) is 9.59 Å². The summed E-state index contributed by atoms with van der Waals surface area (Å²) in [6.07, 6.45) is -5.10. The monoisotopic (exact) mass is 719 g/mol. The second-order valence-corrected chi connectivity index (χ2v) is 15.0. The number of rotatable bonds is 8. The average Bonchev–Trinajstić information content (AvgIpc) is 3.36. The Morgan fingerprint density at radius 2 is 1.16 bits per heavy atom. The van der Waals surface area contributed by atoms with Gasteiger partial charge in [0, 0.05) is 4.90 Å². The Morgan fingerprint density at radius 1 is 0.706 bits per heavy atom. The molecule has 13 heteroatoms. The van der Waals surface area contributed by atoms with Gasteiger partial charge in [-0.2, -0.15) is 0 Å². The van der Waals surface area contributed by atoms with E-state index in [1.165, 1.54) is 11.8 Å². The molecule has 12 nitrogen and oxygen atoms in total. The van der Waals surface area contributed by atoms with Crippen LogP contribution in [0.3, 0.4) is 0 Å². The summed E-state index contributed by atoms with van der Waals surface area (Å²) in [4.78, 5) is 58.1. The number of guanidine groups is 1. The molecule has 1 heterocycles. The van der Waals surface area contributed by atoms with Gasteiger partial charge in [0.25, 0.3) is 0 Å². The van der Waals surface area contributed by atoms with Gasteiger partial charge in [-0.3, -0.25) is 10.6 Å². The Bertz CT molecular complexity index is 1660. The average molecular weight is 720 g/mol. The van der Waals surface area contributed by atoms with Crippen molar-refractivity contribution in [3.8, 4) is 0 Å². The van der Waals surface area contributed by atoms with E-state index in [9.17, 15) is 19.2 Å². The van der Waals surface area contributed by atoms with Crippen LogP contribution in [0.25, 0.3) is 0 Å². The van der Waals surface area contributed by atoms with Gasteiger partial charge in [0.15, 0.2) is 12.2 Å². The zero-order valence-corrected chi connectivity index (χ0v) is 30.8. The molecule has 272 valence electrons. The fraction of sp³-hybridized carbons (Fsp3) is 0.395. The first-order valence-electron chi connectivity index (χ1n) is 16.5. The molecule has 3 aromatic rings. The van der Waals surface area contributed by atoms with Crippen molar-refractivity contribution in [3.05, 3.63) is 102 Å². The van der Waals surface area contributed by atoms with Crippen LogP contribution in [-0.2, 0) is 23.7 Å². The summed E-state index contributed by atoms with van der Waals surface area (Å²) >= 11 is 1.29. The summed E-state index contributed by atoms with van der Waals surface area (Å²) in [5.41, 5.74) is -0.948. The van der Waals surface area contributed by atoms with Crippen molar-refractivity contribution in [1.29, 1.82) is 0 Å². The molecule has 0 aliphatic carbocycles. The minimum absolute atomic E-state index is 0.272. The highest BCUT2D eigenvalue weighted by Crippen LogP contribution is 2.39. The van der Waals surface area contributed by atoms with E-state index in [0.717, 1.165) is 10.5 Å². The summed E-state index contributed by atoms with van der Waals surface area (Å²) in [5.74, 6) is -1.61. The third-order valence-corrected chi connectivity index (χ3v) is 8.19. The Hall–Kier alpha value is -4.88. The van der Waals surface area contributed by atoms with E-state index in [1.807, 2.05) is 31.2 Å². The van der Waals surface area contributed by atoms with Crippen molar-refractivity contribution < 1.29 is 42.9 Å². The molecular weight excluding hydrogens is 674 g/mol. The van der Waals surface area contributed by atoms with Crippen molar-refractivity contribution in [2.75, 3.05) is 0 Å². The molecule has 0 spiro atoms. The number of amides is 2. The standard InChI is InChI=1S/C38H45N3O9S/c1-23-19-21-27(22-20-23)51-33-30(47-32(43)26-17-13-10-14-18-26)29(46-31(42)25-15-11-9-12-16-25)28(48-33)24(2)39-34(40-35(44)49-37(3,4)5)41-36(45)50-38(6,7)8/h9-22,24,28-30,33H,1-8H3,(H2,39,40,41,44,45)/t24-,28+,29?,30?,33-/m0/s1. The normalized spacial score (nSPS) is 19.2. The first kappa shape index (κ1) is 38.9. The van der Waals surface area contributed by atoms with Crippen LogP contribution < -0.4 is 10.6 Å². The van der Waals surface area contributed by atoms with Gasteiger partial charge in [-0.1, -0.05) is 65.9 Å². The number of benzene rings is 3. The van der Waals surface area contributed by atoms with E-state index in [-0.39, 0.29) is 11.5 Å². The highest BCUT2D eigenvalue weighted by Gasteiger charge is 2.52. The zero-order chi connectivity index (χ0) is 37.3. The number of nitrogens with one attached hydrogen (secondary N) is 2. The molecule has 0 bridgehead atoms. The lowest BCUT2D eigenvalue weighted by Crippen LogP contribution is -2.49. The molecule has 4 rings (SSSR count). The Kier molecular flexibility index (Phi) is 12.9. The number of thioether (sulfide) groups is 1. The second kappa shape index (κ2) is 16.9. The summed E-state index contributed by atoms with van der Waals surface area (Å²) in [6, 6.07) is 23.6. The minimum Gasteiger partial charge on any atom is -0.452 e. The van der Waals surface area contributed by atoms with Crippen LogP contribution in [0.1, 0.15) is 74.7 Å². The third kappa shape index (κ3) is 12.1. The molecule has 2 amide bonds. The van der Waals surface area contributed by atoms with Crippen molar-refractivity contribution in [1.82, 2.24) is 10.6 Å². The van der Waals surface area contributed by atoms with Gasteiger partial charge in [-0.15, -0.1) is 0 Å². The summed E-state index contributed by atoms with van der Waals surface area (Å²) in [6.45, 7) is 13.7. The fourth-order valence-electron chi connectivity index (χ4n) is 4.85. The second-order valence-electron chi connectivity index (χ2n) is 13.8. The molecule has 51 heavy (non-hydrogen) atoms. The Balaban J connectivity index is 1.74. The van der Waals surface area contributed by atoms with E-state index in [0.29, 0.717) is 5.56 Å². The molecule has 2 N–H and O–H groups in total. The molecule has 1 saturated heterocycles. The van der Waals surface area contributed by atoms with Crippen LogP contribution in [0, 0.1) is 6.92 Å². The maximum absolute atomic E-state index is 13.5. The van der Waals surface area contributed by atoms with E-state index in [4.69, 9.17) is 23.7 Å². The number of esters is 2. The molecule has 0 radical (unpaired) electrons. The minimum atomic E-state index is -1.18. The Morgan fingerprint density at radius 3 is 1.61 bits per heavy atom. The molecule has 1 aliphatic heterocycles. The number of hydrogen-bond donors (Lipinski definition) is 2. The predicted octanol–water partition coefficient (Wildman–Crippen LogP) is 7.06. The topological polar surface area (TPSA) is 151 Å². The SMILES string of the molecule is Cc1ccc(S[C@@H]2O[C@H]([C@H](C)N=C(NC(=O)OC(C)(C)C)NC(=O)OC(C)(C)C)C(OC(=O)c3ccccc3)C2OC(=O)c2ccccc2)cc1. The number of hydrogen-bond acceptors (Lipinski definition) is 11. The maximum Gasteiger partial charge on any atom is 0.414 e. The van der Waals surface area contributed by atoms with E-state index < -0.39 is 65.1 Å². The first-order chi connectivity index (χ1) is 24.0. The lowest BCUT2D eigenvalue weighted by Gasteiger charge is -2.26. The molecule has 2 unspecified atom stereocenters. The quantitative estimate of drug-likeness (QED) is 0.107. The number of nitrogens with zero attached hydrogens (tertiary/aromatic N) is 1. The highest BCUT2D eigenvalue weighted by atomic mass is 32.2. The Labute approximate surface area is 302 Å². The number of ether oxygens (including phenoxy) is 5. The van der Waals surface area contributed by atoms with Gasteiger partial charge in [-0.05, 0) is 91.8 Å². The van der Waals surface area contributed by atoms with E-state index >= 15 is 0 Å². The van der Waals surface area contributed by atoms with Gasteiger partial charge in [0.05, 0.1) is 17.2 Å². The van der Waals surface area contributed by atoms with Crippen LogP contribution in [0.15, 0.2) is 94.8 Å². The van der Waals surface area contributed by atoms with Crippen LogP contribution in [0.5, 0.6) is 0 Å². The van der Waals surface area contributed by atoms with Gasteiger partial charge >= 0.3 is 24.1 Å². The van der Waals surface area contributed by atoms with Gasteiger partial charge in [-0.25, -0.2) is 24.2 Å². The number of aryl methyl sites for hydroxylation is 1. The van der Waals surface area contributed by atoms with Crippen molar-refractivity contribution in [2.24, 2.45) is 4.99 Å². The molecular formula is C38H45N3O9S. The van der Waals surface area contributed by atoms with E-state index in [2.05, 4.69) is 15.6 Å². The van der Waals surface area contributed by atoms with Crippen LogP contribution in [-0.4, -0.2) is 71.1 Å². The number of alkyl carbamates (subject to hydrolysis) is 2. The number of carbonyl (C=O) groups excluding carboxylic acids is 4. The van der Waals surface area contributed by atoms with Gasteiger partial charge < -0.3 is 23.7 Å². The van der Waals surface area contributed by atoms with Crippen molar-refractivity contribution in [3.63, 3.8) is 0 Å². The lowest BCUT2D eigenvalue weighted by atomic mass is 10.0. The summed E-state index contributed by atoms with van der Waals surface area (Å²) in [7, 11) is 0. The molecule has 0 aromatic heterocycles. The predicted molar refractivity (Wildman–Crippen MR) is 193 cm³/mol. The summed E-state index contributed by atoms with van der Waals surface area (Å²) < 4.78 is 29.5. The molecule has 1 fully saturated rings. The van der Waals surface area contributed by atoms with Crippen molar-refractivity contribution in [2.45, 2.75) is 101 Å². The number of carbonyl (C=O) groups is 4. The van der Waals surface area contributed by atoms with Gasteiger partial charge in [0.1, 0.15) is 22.7 Å².